The van der Waals surface area contributed by atoms with Crippen LogP contribution in [0.25, 0.3) is 0 Å². The summed E-state index contributed by atoms with van der Waals surface area (Å²) < 4.78 is 64.9. The zero-order chi connectivity index (χ0) is 19.5. The first kappa shape index (κ1) is 24.0. The Labute approximate surface area is 148 Å². The van der Waals surface area contributed by atoms with E-state index in [-0.39, 0.29) is 31.3 Å². The van der Waals surface area contributed by atoms with Crippen molar-refractivity contribution >= 4 is 6.21 Å². The topological polar surface area (TPSA) is 24.4 Å². The lowest BCUT2D eigenvalue weighted by Gasteiger charge is -2.27. The van der Waals surface area contributed by atoms with Crippen LogP contribution in [0.15, 0.2) is 16.6 Å². The van der Waals surface area contributed by atoms with E-state index in [2.05, 4.69) is 10.3 Å². The van der Waals surface area contributed by atoms with E-state index in [9.17, 15) is 22.0 Å². The van der Waals surface area contributed by atoms with Gasteiger partial charge in [0.05, 0.1) is 12.2 Å². The third kappa shape index (κ3) is 10.6. The maximum atomic E-state index is 13.6. The van der Waals surface area contributed by atoms with Gasteiger partial charge in [-0.05, 0) is 31.7 Å². The fourth-order valence-electron chi connectivity index (χ4n) is 2.61. The van der Waals surface area contributed by atoms with Crippen molar-refractivity contribution in [2.24, 2.45) is 16.8 Å². The summed E-state index contributed by atoms with van der Waals surface area (Å²) in [6.45, 7) is 7.13. The van der Waals surface area contributed by atoms with Gasteiger partial charge in [0.25, 0.3) is 0 Å². The van der Waals surface area contributed by atoms with Crippen molar-refractivity contribution in [3.05, 3.63) is 11.6 Å². The number of aliphatic imine (C=N–C) groups is 1. The van der Waals surface area contributed by atoms with Gasteiger partial charge in [0.15, 0.2) is 0 Å². The first-order valence-corrected chi connectivity index (χ1v) is 8.89. The second-order valence-corrected chi connectivity index (χ2v) is 6.46. The van der Waals surface area contributed by atoms with E-state index in [1.165, 1.54) is 13.8 Å². The molecule has 7 heteroatoms. The van der Waals surface area contributed by atoms with Crippen LogP contribution in [0.5, 0.6) is 0 Å². The van der Waals surface area contributed by atoms with Crippen molar-refractivity contribution in [1.82, 2.24) is 5.32 Å². The Hall–Kier alpha value is -0.980. The van der Waals surface area contributed by atoms with Gasteiger partial charge in [-0.25, -0.2) is 8.78 Å². The third-order valence-electron chi connectivity index (χ3n) is 4.35. The predicted molar refractivity (Wildman–Crippen MR) is 93.2 cm³/mol. The van der Waals surface area contributed by atoms with E-state index < -0.39 is 17.7 Å². The highest BCUT2D eigenvalue weighted by atomic mass is 19.4. The van der Waals surface area contributed by atoms with Gasteiger partial charge in [-0.3, -0.25) is 10.3 Å². The lowest BCUT2D eigenvalue weighted by atomic mass is 9.84. The number of rotatable bonds is 12. The second-order valence-electron chi connectivity index (χ2n) is 6.46. The largest absolute Gasteiger partial charge is 0.417 e. The van der Waals surface area contributed by atoms with Crippen LogP contribution < -0.4 is 5.32 Å². The van der Waals surface area contributed by atoms with Gasteiger partial charge in [-0.1, -0.05) is 39.7 Å². The zero-order valence-electron chi connectivity index (χ0n) is 15.6. The molecule has 0 radical (unpaired) electrons. The van der Waals surface area contributed by atoms with E-state index in [0.717, 1.165) is 31.6 Å². The molecule has 1 N–H and O–H groups in total. The summed E-state index contributed by atoms with van der Waals surface area (Å²) in [6, 6.07) is 0. The van der Waals surface area contributed by atoms with Crippen molar-refractivity contribution in [2.75, 3.05) is 13.2 Å². The molecule has 0 fully saturated rings. The highest BCUT2D eigenvalue weighted by Gasteiger charge is 2.32. The van der Waals surface area contributed by atoms with E-state index in [1.54, 1.807) is 0 Å². The number of nitrogens with zero attached hydrogens (tertiary/aromatic N) is 1. The molecule has 0 aromatic carbocycles. The van der Waals surface area contributed by atoms with Gasteiger partial charge in [-0.15, -0.1) is 0 Å². The van der Waals surface area contributed by atoms with Crippen molar-refractivity contribution < 1.29 is 22.0 Å². The van der Waals surface area contributed by atoms with Crippen molar-refractivity contribution in [2.45, 2.75) is 71.9 Å². The number of halogens is 5. The monoisotopic (exact) mass is 370 g/mol. The normalized spacial score (nSPS) is 16.4. The molecular weight excluding hydrogens is 339 g/mol. The Morgan fingerprint density at radius 3 is 2.28 bits per heavy atom. The zero-order valence-corrected chi connectivity index (χ0v) is 15.6. The molecule has 0 aliphatic carbocycles. The average Bonchev–Trinajstić information content (AvgIpc) is 2.51. The smallest absolute Gasteiger partial charge is 0.298 e. The molecule has 0 saturated heterocycles. The molecular formula is C18H31F5N2. The highest BCUT2D eigenvalue weighted by Crippen LogP contribution is 2.32. The van der Waals surface area contributed by atoms with E-state index in [4.69, 9.17) is 0 Å². The maximum absolute atomic E-state index is 13.6. The Bertz CT molecular complexity index is 416. The summed E-state index contributed by atoms with van der Waals surface area (Å²) >= 11 is 0. The molecule has 0 bridgehead atoms. The highest BCUT2D eigenvalue weighted by molar-refractivity contribution is 5.80. The lowest BCUT2D eigenvalue weighted by Crippen LogP contribution is -2.31. The lowest BCUT2D eigenvalue weighted by molar-refractivity contribution is -0.0857. The van der Waals surface area contributed by atoms with Crippen LogP contribution in [0.4, 0.5) is 22.0 Å². The maximum Gasteiger partial charge on any atom is 0.417 e. The van der Waals surface area contributed by atoms with Crippen molar-refractivity contribution in [1.29, 1.82) is 0 Å². The fraction of sp³-hybridized carbons (Fsp3) is 0.833. The molecule has 148 valence electrons. The predicted octanol–water partition coefficient (Wildman–Crippen LogP) is 5.99. The molecule has 25 heavy (non-hydrogen) atoms. The van der Waals surface area contributed by atoms with Crippen LogP contribution in [0.3, 0.4) is 0 Å². The van der Waals surface area contributed by atoms with Crippen LogP contribution in [-0.4, -0.2) is 31.5 Å². The Morgan fingerprint density at radius 1 is 1.16 bits per heavy atom. The summed E-state index contributed by atoms with van der Waals surface area (Å²) in [6.07, 6.45) is -0.279. The summed E-state index contributed by atoms with van der Waals surface area (Å²) in [5.41, 5.74) is -0.798. The summed E-state index contributed by atoms with van der Waals surface area (Å²) in [7, 11) is 0. The number of allylic oxidation sites excluding steroid dienone is 2. The quantitative estimate of drug-likeness (QED) is 0.255. The molecule has 2 nitrogen and oxygen atoms in total. The molecule has 0 heterocycles. The fourth-order valence-corrected chi connectivity index (χ4v) is 2.61. The van der Waals surface area contributed by atoms with Gasteiger partial charge in [0, 0.05) is 19.1 Å². The molecule has 0 aromatic heterocycles. The molecule has 2 unspecified atom stereocenters. The molecule has 0 spiro atoms. The van der Waals surface area contributed by atoms with Gasteiger partial charge in [0.2, 0.25) is 5.92 Å². The standard InChI is InChI=1S/C18H31F5N2/c1-5-8-9-15(14(4)10-17(19,20)7-3)11-24-13-25-12-16(6-2)18(21,22)23/h6,12,14-15,24H,5,7-11,13H2,1-4H3/b16-6+,25-12?. The molecule has 0 amide bonds. The van der Waals surface area contributed by atoms with Crippen LogP contribution in [-0.2, 0) is 0 Å². The first-order chi connectivity index (χ1) is 11.6. The molecule has 2 atom stereocenters. The van der Waals surface area contributed by atoms with Crippen LogP contribution in [0.2, 0.25) is 0 Å². The van der Waals surface area contributed by atoms with Crippen molar-refractivity contribution in [3.63, 3.8) is 0 Å². The van der Waals surface area contributed by atoms with E-state index >= 15 is 0 Å². The second kappa shape index (κ2) is 11.6. The Balaban J connectivity index is 4.54. The number of hydrogen-bond acceptors (Lipinski definition) is 2. The minimum Gasteiger partial charge on any atom is -0.298 e. The van der Waals surface area contributed by atoms with Crippen LogP contribution in [0, 0.1) is 11.8 Å². The summed E-state index contributed by atoms with van der Waals surface area (Å²) in [4.78, 5) is 3.74. The molecule has 0 aliphatic heterocycles. The first-order valence-electron chi connectivity index (χ1n) is 8.89. The number of nitrogens with one attached hydrogen (secondary N) is 1. The Kier molecular flexibility index (Phi) is 11.1. The SMILES string of the molecule is C/C=C(\C=NCNCC(CCCC)C(C)CC(F)(F)CC)C(F)(F)F. The summed E-state index contributed by atoms with van der Waals surface area (Å²) in [5, 5.41) is 2.97. The van der Waals surface area contributed by atoms with Gasteiger partial charge >= 0.3 is 6.18 Å². The minimum atomic E-state index is -4.41. The minimum absolute atomic E-state index is 0.0347. The molecule has 0 aliphatic rings. The summed E-state index contributed by atoms with van der Waals surface area (Å²) in [5.74, 6) is -2.79. The van der Waals surface area contributed by atoms with Gasteiger partial charge < -0.3 is 0 Å². The molecule has 0 saturated carbocycles. The van der Waals surface area contributed by atoms with Crippen LogP contribution in [0.1, 0.15) is 59.8 Å². The molecule has 0 rings (SSSR count). The van der Waals surface area contributed by atoms with Gasteiger partial charge in [-0.2, -0.15) is 13.2 Å². The Morgan fingerprint density at radius 2 is 1.80 bits per heavy atom. The number of alkyl halides is 5. The van der Waals surface area contributed by atoms with E-state index in [0.29, 0.717) is 6.54 Å². The van der Waals surface area contributed by atoms with Gasteiger partial charge in [0.1, 0.15) is 0 Å². The third-order valence-corrected chi connectivity index (χ3v) is 4.35. The van der Waals surface area contributed by atoms with E-state index in [1.807, 2.05) is 13.8 Å². The van der Waals surface area contributed by atoms with Crippen molar-refractivity contribution in [3.8, 4) is 0 Å². The molecule has 0 aromatic rings. The van der Waals surface area contributed by atoms with Crippen LogP contribution >= 0.6 is 0 Å². The number of hydrogen-bond donors (Lipinski definition) is 1. The average molecular weight is 370 g/mol. The number of unbranched alkanes of at least 4 members (excludes halogenated alkanes) is 1.